The molecule has 0 spiro atoms. The van der Waals surface area contributed by atoms with E-state index < -0.39 is 17.6 Å². The minimum atomic E-state index is -4.37. The molecule has 0 heterocycles. The van der Waals surface area contributed by atoms with Gasteiger partial charge in [-0.1, -0.05) is 23.7 Å². The van der Waals surface area contributed by atoms with E-state index >= 15 is 0 Å². The highest BCUT2D eigenvalue weighted by Gasteiger charge is 2.30. The first-order valence-electron chi connectivity index (χ1n) is 5.71. The third-order valence-corrected chi connectivity index (χ3v) is 2.98. The van der Waals surface area contributed by atoms with E-state index in [1.807, 2.05) is 0 Å². The highest BCUT2D eigenvalue weighted by Crippen LogP contribution is 2.29. The van der Waals surface area contributed by atoms with E-state index in [2.05, 4.69) is 5.32 Å². The van der Waals surface area contributed by atoms with Crippen LogP contribution >= 0.6 is 11.6 Å². The molecule has 0 aliphatic heterocycles. The largest absolute Gasteiger partial charge is 0.416 e. The lowest BCUT2D eigenvalue weighted by Crippen LogP contribution is -2.06. The number of benzene rings is 2. The van der Waals surface area contributed by atoms with Crippen molar-refractivity contribution < 1.29 is 17.6 Å². The molecular weight excluding hydrogens is 294 g/mol. The fourth-order valence-corrected chi connectivity index (χ4v) is 1.79. The normalized spacial score (nSPS) is 11.4. The second kappa shape index (κ2) is 5.71. The Labute approximate surface area is 118 Å². The average molecular weight is 304 g/mol. The number of anilines is 1. The molecule has 6 heteroatoms. The van der Waals surface area contributed by atoms with E-state index in [0.29, 0.717) is 11.3 Å². The summed E-state index contributed by atoms with van der Waals surface area (Å²) >= 11 is 5.54. The summed E-state index contributed by atoms with van der Waals surface area (Å²) in [5.41, 5.74) is 0.193. The maximum absolute atomic E-state index is 13.2. The van der Waals surface area contributed by atoms with Crippen LogP contribution in [0.15, 0.2) is 42.5 Å². The lowest BCUT2D eigenvalue weighted by atomic mass is 10.1. The molecule has 0 bridgehead atoms. The van der Waals surface area contributed by atoms with E-state index in [9.17, 15) is 17.6 Å². The lowest BCUT2D eigenvalue weighted by Gasteiger charge is -2.10. The molecule has 0 saturated carbocycles. The molecule has 0 unspecified atom stereocenters. The van der Waals surface area contributed by atoms with Gasteiger partial charge in [-0.25, -0.2) is 4.39 Å². The van der Waals surface area contributed by atoms with Gasteiger partial charge in [0.1, 0.15) is 5.82 Å². The number of halogens is 5. The molecule has 0 aliphatic rings. The lowest BCUT2D eigenvalue weighted by molar-refractivity contribution is -0.137. The van der Waals surface area contributed by atoms with Crippen molar-refractivity contribution in [1.29, 1.82) is 0 Å². The van der Waals surface area contributed by atoms with Gasteiger partial charge in [0.2, 0.25) is 0 Å². The SMILES string of the molecule is Fc1cc(NCc2cccc(C(F)(F)F)c2)ccc1Cl. The van der Waals surface area contributed by atoms with Gasteiger partial charge in [-0.15, -0.1) is 0 Å². The van der Waals surface area contributed by atoms with E-state index in [0.717, 1.165) is 12.1 Å². The molecule has 2 rings (SSSR count). The van der Waals surface area contributed by atoms with Gasteiger partial charge >= 0.3 is 6.18 Å². The first kappa shape index (κ1) is 14.7. The minimum absolute atomic E-state index is 0.00498. The first-order chi connectivity index (χ1) is 9.36. The zero-order chi connectivity index (χ0) is 14.8. The van der Waals surface area contributed by atoms with Crippen molar-refractivity contribution in [3.63, 3.8) is 0 Å². The molecule has 2 aromatic carbocycles. The number of alkyl halides is 3. The zero-order valence-corrected chi connectivity index (χ0v) is 10.9. The van der Waals surface area contributed by atoms with Crippen LogP contribution < -0.4 is 5.32 Å². The molecule has 106 valence electrons. The molecule has 20 heavy (non-hydrogen) atoms. The Morgan fingerprint density at radius 2 is 1.80 bits per heavy atom. The van der Waals surface area contributed by atoms with Gasteiger partial charge in [-0.05, 0) is 35.9 Å². The zero-order valence-electron chi connectivity index (χ0n) is 10.1. The third kappa shape index (κ3) is 3.63. The number of hydrogen-bond donors (Lipinski definition) is 1. The maximum atomic E-state index is 13.2. The summed E-state index contributed by atoms with van der Waals surface area (Å²) in [6.45, 7) is 0.158. The molecule has 1 N–H and O–H groups in total. The van der Waals surface area contributed by atoms with Gasteiger partial charge in [0.25, 0.3) is 0 Å². The second-order valence-corrected chi connectivity index (χ2v) is 4.59. The summed E-state index contributed by atoms with van der Waals surface area (Å²) in [6.07, 6.45) is -4.37. The number of hydrogen-bond acceptors (Lipinski definition) is 1. The van der Waals surface area contributed by atoms with Crippen molar-refractivity contribution in [2.45, 2.75) is 12.7 Å². The molecule has 0 radical (unpaired) electrons. The summed E-state index contributed by atoms with van der Waals surface area (Å²) < 4.78 is 50.8. The highest BCUT2D eigenvalue weighted by atomic mass is 35.5. The van der Waals surface area contributed by atoms with Crippen molar-refractivity contribution in [2.24, 2.45) is 0 Å². The predicted molar refractivity (Wildman–Crippen MR) is 70.2 cm³/mol. The van der Waals surface area contributed by atoms with Crippen LogP contribution in [0.3, 0.4) is 0 Å². The average Bonchev–Trinajstić information content (AvgIpc) is 2.39. The van der Waals surface area contributed by atoms with Gasteiger partial charge in [0, 0.05) is 12.2 Å². The molecule has 0 amide bonds. The third-order valence-electron chi connectivity index (χ3n) is 2.67. The topological polar surface area (TPSA) is 12.0 Å². The first-order valence-corrected chi connectivity index (χ1v) is 6.09. The highest BCUT2D eigenvalue weighted by molar-refractivity contribution is 6.30. The van der Waals surface area contributed by atoms with Crippen molar-refractivity contribution >= 4 is 17.3 Å². The van der Waals surface area contributed by atoms with Crippen LogP contribution in [-0.4, -0.2) is 0 Å². The molecule has 0 aliphatic carbocycles. The van der Waals surface area contributed by atoms with Crippen LogP contribution in [0.25, 0.3) is 0 Å². The maximum Gasteiger partial charge on any atom is 0.416 e. The Morgan fingerprint density at radius 3 is 2.45 bits per heavy atom. The summed E-state index contributed by atoms with van der Waals surface area (Å²) in [7, 11) is 0. The summed E-state index contributed by atoms with van der Waals surface area (Å²) in [4.78, 5) is 0. The summed E-state index contributed by atoms with van der Waals surface area (Å²) in [5, 5.41) is 2.84. The molecule has 0 atom stereocenters. The van der Waals surface area contributed by atoms with Gasteiger partial charge in [0.05, 0.1) is 10.6 Å². The quantitative estimate of drug-likeness (QED) is 0.777. The molecule has 2 aromatic rings. The van der Waals surface area contributed by atoms with Crippen molar-refractivity contribution in [2.75, 3.05) is 5.32 Å². The molecular formula is C14H10ClF4N. The summed E-state index contributed by atoms with van der Waals surface area (Å²) in [6, 6.07) is 9.09. The van der Waals surface area contributed by atoms with Crippen molar-refractivity contribution in [3.8, 4) is 0 Å². The van der Waals surface area contributed by atoms with Gasteiger partial charge in [0.15, 0.2) is 0 Å². The van der Waals surface area contributed by atoms with Crippen LogP contribution in [0.2, 0.25) is 5.02 Å². The van der Waals surface area contributed by atoms with Crippen LogP contribution in [0.5, 0.6) is 0 Å². The molecule has 0 fully saturated rings. The Kier molecular flexibility index (Phi) is 4.18. The number of rotatable bonds is 3. The Balaban J connectivity index is 2.09. The van der Waals surface area contributed by atoms with Crippen LogP contribution in [0.1, 0.15) is 11.1 Å². The van der Waals surface area contributed by atoms with E-state index in [1.54, 1.807) is 12.1 Å². The predicted octanol–water partition coefficient (Wildman–Crippen LogP) is 5.11. The van der Waals surface area contributed by atoms with Gasteiger partial charge in [-0.2, -0.15) is 13.2 Å². The monoisotopic (exact) mass is 303 g/mol. The molecule has 0 saturated heterocycles. The second-order valence-electron chi connectivity index (χ2n) is 4.18. The van der Waals surface area contributed by atoms with E-state index in [-0.39, 0.29) is 11.6 Å². The standard InChI is InChI=1S/C14H10ClF4N/c15-12-5-4-11(7-13(12)16)20-8-9-2-1-3-10(6-9)14(17,18)19/h1-7,20H,8H2. The molecule has 1 nitrogen and oxygen atoms in total. The van der Waals surface area contributed by atoms with Gasteiger partial charge in [-0.3, -0.25) is 0 Å². The summed E-state index contributed by atoms with van der Waals surface area (Å²) in [5.74, 6) is -0.583. The smallest absolute Gasteiger partial charge is 0.381 e. The van der Waals surface area contributed by atoms with E-state index in [1.165, 1.54) is 18.2 Å². The van der Waals surface area contributed by atoms with Crippen LogP contribution in [0.4, 0.5) is 23.2 Å². The Bertz CT molecular complexity index is 610. The van der Waals surface area contributed by atoms with E-state index in [4.69, 9.17) is 11.6 Å². The fourth-order valence-electron chi connectivity index (χ4n) is 1.67. The van der Waals surface area contributed by atoms with Crippen LogP contribution in [0, 0.1) is 5.82 Å². The Morgan fingerprint density at radius 1 is 1.05 bits per heavy atom. The van der Waals surface area contributed by atoms with Crippen molar-refractivity contribution in [3.05, 3.63) is 64.4 Å². The van der Waals surface area contributed by atoms with Gasteiger partial charge < -0.3 is 5.32 Å². The fraction of sp³-hybridized carbons (Fsp3) is 0.143. The Hall–Kier alpha value is -1.75. The minimum Gasteiger partial charge on any atom is -0.381 e. The van der Waals surface area contributed by atoms with Crippen molar-refractivity contribution in [1.82, 2.24) is 0 Å². The molecule has 0 aromatic heterocycles. The number of nitrogens with one attached hydrogen (secondary N) is 1. The van der Waals surface area contributed by atoms with Crippen LogP contribution in [-0.2, 0) is 12.7 Å².